The quantitative estimate of drug-likeness (QED) is 0.158. The van der Waals surface area contributed by atoms with Gasteiger partial charge in [-0.2, -0.15) is 0 Å². The van der Waals surface area contributed by atoms with Gasteiger partial charge in [0.25, 0.3) is 0 Å². The van der Waals surface area contributed by atoms with E-state index in [2.05, 4.69) is 193 Å². The van der Waals surface area contributed by atoms with Gasteiger partial charge in [0.05, 0.1) is 11.4 Å². The van der Waals surface area contributed by atoms with Crippen LogP contribution in [0, 0.1) is 35.0 Å². The Balaban J connectivity index is 0.827. The van der Waals surface area contributed by atoms with Gasteiger partial charge in [-0.25, -0.2) is 0 Å². The van der Waals surface area contributed by atoms with Crippen LogP contribution in [0.1, 0.15) is 74.0 Å². The number of allylic oxidation sites excluding steroid dienone is 6. The molecule has 2 nitrogen and oxygen atoms in total. The molecule has 8 aliphatic carbocycles. The molecule has 5 atom stereocenters. The van der Waals surface area contributed by atoms with E-state index in [4.69, 9.17) is 4.42 Å². The Morgan fingerprint density at radius 2 is 1.21 bits per heavy atom. The molecular weight excluding hydrogens is 847 g/mol. The fraction of sp³-hybridized carbons (Fsp3) is 0.235. The van der Waals surface area contributed by atoms with Crippen molar-refractivity contribution in [3.8, 4) is 33.4 Å². The van der Waals surface area contributed by atoms with Gasteiger partial charge in [0.2, 0.25) is 0 Å². The average Bonchev–Trinajstić information content (AvgIpc) is 4.12. The van der Waals surface area contributed by atoms with Crippen LogP contribution >= 0.6 is 0 Å². The first-order chi connectivity index (χ1) is 34.7. The minimum atomic E-state index is 0.223. The van der Waals surface area contributed by atoms with Crippen LogP contribution in [0.15, 0.2) is 204 Å². The molecule has 0 radical (unpaired) electrons. The third-order valence-electron chi connectivity index (χ3n) is 19.9. The summed E-state index contributed by atoms with van der Waals surface area (Å²) in [7, 11) is 0. The summed E-state index contributed by atoms with van der Waals surface area (Å²) in [5.74, 6) is 4.79. The lowest BCUT2D eigenvalue weighted by Gasteiger charge is -2.92. The van der Waals surface area contributed by atoms with Crippen molar-refractivity contribution < 1.29 is 4.42 Å². The Kier molecular flexibility index (Phi) is 7.62. The molecule has 70 heavy (non-hydrogen) atoms. The van der Waals surface area contributed by atoms with Gasteiger partial charge >= 0.3 is 0 Å². The first-order valence-electron chi connectivity index (χ1n) is 26.5. The Morgan fingerprint density at radius 1 is 0.514 bits per heavy atom. The van der Waals surface area contributed by atoms with Gasteiger partial charge in [-0.3, -0.25) is 0 Å². The van der Waals surface area contributed by atoms with Gasteiger partial charge in [-0.1, -0.05) is 159 Å². The molecule has 0 bridgehead atoms. The molecule has 0 amide bonds. The Hall–Kier alpha value is -7.16. The van der Waals surface area contributed by atoms with Crippen LogP contribution < -0.4 is 4.90 Å². The van der Waals surface area contributed by atoms with Crippen LogP contribution in [0.5, 0.6) is 0 Å². The molecular formula is C68H53NO. The molecule has 17 rings (SSSR count). The number of rotatable bonds is 7. The molecule has 0 saturated heterocycles. The van der Waals surface area contributed by atoms with E-state index in [9.17, 15) is 0 Å². The predicted octanol–water partition coefficient (Wildman–Crippen LogP) is 18.1. The van der Waals surface area contributed by atoms with Crippen molar-refractivity contribution in [2.45, 2.75) is 62.7 Å². The van der Waals surface area contributed by atoms with Crippen molar-refractivity contribution >= 4 is 55.3 Å². The fourth-order valence-electron chi connectivity index (χ4n) is 17.0. The molecule has 5 fully saturated rings. The summed E-state index contributed by atoms with van der Waals surface area (Å²) in [4.78, 5) is 2.54. The zero-order valence-corrected chi connectivity index (χ0v) is 39.4. The summed E-state index contributed by atoms with van der Waals surface area (Å²) in [5.41, 5.74) is 23.3. The lowest BCUT2D eigenvalue weighted by molar-refractivity contribution is -0.412. The van der Waals surface area contributed by atoms with Crippen LogP contribution in [0.3, 0.4) is 0 Å². The van der Waals surface area contributed by atoms with E-state index in [1.54, 1.807) is 22.3 Å². The summed E-state index contributed by atoms with van der Waals surface area (Å²) in [6.45, 7) is 0. The number of hydrogen-bond acceptors (Lipinski definition) is 2. The highest BCUT2D eigenvalue weighted by Gasteiger charge is 2.90. The average molecular weight is 900 g/mol. The summed E-state index contributed by atoms with van der Waals surface area (Å²) in [6, 6.07) is 64.5. The third-order valence-corrected chi connectivity index (χ3v) is 19.9. The van der Waals surface area contributed by atoms with E-state index >= 15 is 0 Å². The van der Waals surface area contributed by atoms with Crippen molar-refractivity contribution in [1.82, 2.24) is 0 Å². The van der Waals surface area contributed by atoms with Crippen LogP contribution in [0.2, 0.25) is 0 Å². The topological polar surface area (TPSA) is 16.4 Å². The molecule has 8 aliphatic rings. The minimum Gasteiger partial charge on any atom is -0.456 e. The van der Waals surface area contributed by atoms with Crippen LogP contribution in [0.4, 0.5) is 17.1 Å². The van der Waals surface area contributed by atoms with Gasteiger partial charge in [0.15, 0.2) is 0 Å². The number of hydrogen-bond donors (Lipinski definition) is 0. The highest BCUT2D eigenvalue weighted by Crippen LogP contribution is 2.95. The number of anilines is 3. The standard InChI is InChI=1S/C68H53NO/c1-2-12-41(13-3-1)50-19-10-14-42-15-11-20-53(65(42)50)51-17-5-8-22-60(51)69(59-21-7-4-16-49(59)44-28-33-62-56(35-44)52-18-6-9-23-61(52)70-62)48-29-24-40(25-30-48)43-26-31-54-58(36-43)68(57-32-27-45-34-55(45)66(54)57)63-38-46-37-47-39-64(68)67(46,47)63/h4-11,14-36,41,46-47,55,63-64H,1-3,12-13,37-39H2/t46?,47?,55-,63?,64?,67?,68?/m1/s1. The maximum atomic E-state index is 6.35. The Morgan fingerprint density at radius 3 is 2.04 bits per heavy atom. The molecule has 4 unspecified atom stereocenters. The van der Waals surface area contributed by atoms with Crippen molar-refractivity contribution in [2.24, 2.45) is 35.0 Å². The second-order valence-corrected chi connectivity index (χ2v) is 22.5. The van der Waals surface area contributed by atoms with E-state index < -0.39 is 0 Å². The summed E-state index contributed by atoms with van der Waals surface area (Å²) in [5, 5.41) is 5.01. The van der Waals surface area contributed by atoms with Crippen LogP contribution in [-0.4, -0.2) is 0 Å². The summed E-state index contributed by atoms with van der Waals surface area (Å²) < 4.78 is 6.35. The number of fused-ring (bicyclic) bond motifs is 12. The number of furan rings is 1. The second-order valence-electron chi connectivity index (χ2n) is 22.5. The van der Waals surface area contributed by atoms with Crippen molar-refractivity contribution in [1.29, 1.82) is 0 Å². The molecule has 2 spiro atoms. The Bertz CT molecular complexity index is 3820. The Labute approximate surface area is 409 Å². The monoisotopic (exact) mass is 899 g/mol. The molecule has 9 aromatic rings. The second kappa shape index (κ2) is 13.8. The van der Waals surface area contributed by atoms with Crippen LogP contribution in [-0.2, 0) is 5.41 Å². The normalized spacial score (nSPS) is 27.1. The van der Waals surface area contributed by atoms with Crippen molar-refractivity contribution in [3.63, 3.8) is 0 Å². The molecule has 5 saturated carbocycles. The fourth-order valence-corrected chi connectivity index (χ4v) is 17.0. The first kappa shape index (κ1) is 38.7. The number of para-hydroxylation sites is 3. The lowest BCUT2D eigenvalue weighted by atomic mass is 9.11. The maximum absolute atomic E-state index is 6.35. The maximum Gasteiger partial charge on any atom is 0.135 e. The van der Waals surface area contributed by atoms with Crippen molar-refractivity contribution in [3.05, 3.63) is 216 Å². The van der Waals surface area contributed by atoms with Crippen LogP contribution in [0.25, 0.3) is 71.7 Å². The molecule has 0 N–H and O–H groups in total. The molecule has 0 aliphatic heterocycles. The van der Waals surface area contributed by atoms with E-state index in [-0.39, 0.29) is 5.41 Å². The van der Waals surface area contributed by atoms with E-state index in [1.165, 1.54) is 112 Å². The number of benzene rings is 8. The van der Waals surface area contributed by atoms with E-state index in [0.717, 1.165) is 57.0 Å². The minimum absolute atomic E-state index is 0.223. The van der Waals surface area contributed by atoms with Crippen molar-refractivity contribution in [2.75, 3.05) is 4.90 Å². The summed E-state index contributed by atoms with van der Waals surface area (Å²) >= 11 is 0. The van der Waals surface area contributed by atoms with Gasteiger partial charge < -0.3 is 9.32 Å². The highest BCUT2D eigenvalue weighted by atomic mass is 16.3. The van der Waals surface area contributed by atoms with Gasteiger partial charge in [-0.05, 0) is 182 Å². The third kappa shape index (κ3) is 4.81. The molecule has 336 valence electrons. The van der Waals surface area contributed by atoms with Gasteiger partial charge in [-0.15, -0.1) is 0 Å². The highest BCUT2D eigenvalue weighted by molar-refractivity contribution is 6.08. The molecule has 1 heterocycles. The van der Waals surface area contributed by atoms with Gasteiger partial charge in [0, 0.05) is 38.9 Å². The zero-order chi connectivity index (χ0) is 45.5. The lowest BCUT2D eigenvalue weighted by Crippen LogP contribution is -2.88. The van der Waals surface area contributed by atoms with E-state index in [1.807, 2.05) is 0 Å². The van der Waals surface area contributed by atoms with E-state index in [0.29, 0.717) is 17.3 Å². The predicted molar refractivity (Wildman–Crippen MR) is 288 cm³/mol. The molecule has 2 heteroatoms. The largest absolute Gasteiger partial charge is 0.456 e. The zero-order valence-electron chi connectivity index (χ0n) is 39.4. The van der Waals surface area contributed by atoms with Gasteiger partial charge in [0.1, 0.15) is 11.2 Å². The SMILES string of the molecule is C1=CC2=C(c3ccc(-c4ccc(N(c5ccccc5-c5ccc6oc7ccccc7c6c5)c5ccccc5-c5cccc6cccc(C7CCCCC7)c56)cc4)cc3C23C2CC4CC5CC3C452)[C@@H]2C=C12. The summed E-state index contributed by atoms with van der Waals surface area (Å²) in [6.07, 6.45) is 18.4. The smallest absolute Gasteiger partial charge is 0.135 e. The molecule has 1 aromatic heterocycles. The first-order valence-corrected chi connectivity index (χ1v) is 26.5. The molecule has 8 aromatic carbocycles. The number of nitrogens with zero attached hydrogens (tertiary/aromatic N) is 1.